The monoisotopic (exact) mass is 296 g/mol. The Labute approximate surface area is 110 Å². The Morgan fingerprint density at radius 1 is 1.41 bits per heavy atom. The highest BCUT2D eigenvalue weighted by Gasteiger charge is 2.02. The van der Waals surface area contributed by atoms with Crippen LogP contribution in [0.5, 0.6) is 0 Å². The molecule has 0 amide bonds. The molecule has 0 fully saturated rings. The largest absolute Gasteiger partial charge is 0.396 e. The molecule has 3 nitrogen and oxygen atoms in total. The topological polar surface area (TPSA) is 44.6 Å². The lowest BCUT2D eigenvalue weighted by molar-refractivity contribution is 0.302. The number of aliphatic hydroxyl groups excluding tert-OH is 1. The number of benzene rings is 1. The summed E-state index contributed by atoms with van der Waals surface area (Å²) in [7, 11) is 1.75. The molecule has 0 spiro atoms. The second kappa shape index (κ2) is 7.25. The van der Waals surface area contributed by atoms with Crippen LogP contribution < -0.4 is 5.32 Å². The SMILES string of the molecule is CN=C(N/C(C)=C/CCO)c1ccc(Br)cc1. The lowest BCUT2D eigenvalue weighted by Crippen LogP contribution is -2.22. The van der Waals surface area contributed by atoms with Crippen molar-refractivity contribution in [3.8, 4) is 0 Å². The van der Waals surface area contributed by atoms with Gasteiger partial charge in [-0.05, 0) is 25.5 Å². The normalized spacial score (nSPS) is 12.7. The summed E-state index contributed by atoms with van der Waals surface area (Å²) < 4.78 is 1.05. The first-order valence-electron chi connectivity index (χ1n) is 5.44. The molecule has 0 aliphatic heterocycles. The van der Waals surface area contributed by atoms with Crippen molar-refractivity contribution >= 4 is 21.8 Å². The fourth-order valence-electron chi connectivity index (χ4n) is 1.38. The molecule has 0 saturated carbocycles. The van der Waals surface area contributed by atoms with Gasteiger partial charge in [0.25, 0.3) is 0 Å². The van der Waals surface area contributed by atoms with Crippen LogP contribution in [0, 0.1) is 0 Å². The third kappa shape index (κ3) is 4.71. The Morgan fingerprint density at radius 3 is 2.59 bits per heavy atom. The highest BCUT2D eigenvalue weighted by molar-refractivity contribution is 9.10. The summed E-state index contributed by atoms with van der Waals surface area (Å²) in [6, 6.07) is 7.96. The van der Waals surface area contributed by atoms with Crippen molar-refractivity contribution in [3.63, 3.8) is 0 Å². The van der Waals surface area contributed by atoms with E-state index in [9.17, 15) is 0 Å². The van der Waals surface area contributed by atoms with Crippen LogP contribution >= 0.6 is 15.9 Å². The van der Waals surface area contributed by atoms with Gasteiger partial charge in [-0.2, -0.15) is 0 Å². The predicted molar refractivity (Wildman–Crippen MR) is 75.2 cm³/mol. The van der Waals surface area contributed by atoms with E-state index in [2.05, 4.69) is 26.2 Å². The minimum Gasteiger partial charge on any atom is -0.396 e. The molecule has 1 aromatic rings. The van der Waals surface area contributed by atoms with Gasteiger partial charge in [0.2, 0.25) is 0 Å². The molecular weight excluding hydrogens is 280 g/mol. The summed E-state index contributed by atoms with van der Waals surface area (Å²) in [6.45, 7) is 2.12. The number of aliphatic imine (C=N–C) groups is 1. The standard InChI is InChI=1S/C13H17BrN2O/c1-10(4-3-9-17)16-13(15-2)11-5-7-12(14)8-6-11/h4-8,17H,3,9H2,1-2H3,(H,15,16)/b10-4+. The Bertz CT molecular complexity index is 410. The average Bonchev–Trinajstić information content (AvgIpc) is 2.34. The van der Waals surface area contributed by atoms with Crippen LogP contribution in [0.25, 0.3) is 0 Å². The summed E-state index contributed by atoms with van der Waals surface area (Å²) in [5.74, 6) is 0.823. The highest BCUT2D eigenvalue weighted by Crippen LogP contribution is 2.11. The van der Waals surface area contributed by atoms with Crippen molar-refractivity contribution in [1.29, 1.82) is 0 Å². The molecule has 0 radical (unpaired) electrons. The Kier molecular flexibility index (Phi) is 5.94. The average molecular weight is 297 g/mol. The summed E-state index contributed by atoms with van der Waals surface area (Å²) in [4.78, 5) is 4.22. The predicted octanol–water partition coefficient (Wildman–Crippen LogP) is 2.70. The molecule has 17 heavy (non-hydrogen) atoms. The van der Waals surface area contributed by atoms with Gasteiger partial charge in [-0.1, -0.05) is 34.1 Å². The van der Waals surface area contributed by atoms with Crippen LogP contribution in [-0.4, -0.2) is 24.6 Å². The zero-order valence-electron chi connectivity index (χ0n) is 10.1. The molecule has 0 bridgehead atoms. The fraction of sp³-hybridized carbons (Fsp3) is 0.308. The van der Waals surface area contributed by atoms with Crippen molar-refractivity contribution in [2.24, 2.45) is 4.99 Å². The van der Waals surface area contributed by atoms with Gasteiger partial charge in [-0.15, -0.1) is 0 Å². The fourth-order valence-corrected chi connectivity index (χ4v) is 1.65. The molecule has 0 aliphatic rings. The van der Waals surface area contributed by atoms with E-state index in [0.29, 0.717) is 6.42 Å². The lowest BCUT2D eigenvalue weighted by Gasteiger charge is -2.10. The van der Waals surface area contributed by atoms with E-state index in [0.717, 1.165) is 21.6 Å². The quantitative estimate of drug-likeness (QED) is 0.663. The summed E-state index contributed by atoms with van der Waals surface area (Å²) in [5.41, 5.74) is 2.02. The van der Waals surface area contributed by atoms with Gasteiger partial charge in [0.05, 0.1) is 0 Å². The highest BCUT2D eigenvalue weighted by atomic mass is 79.9. The van der Waals surface area contributed by atoms with E-state index < -0.39 is 0 Å². The van der Waals surface area contributed by atoms with Crippen LogP contribution in [-0.2, 0) is 0 Å². The second-order valence-corrected chi connectivity index (χ2v) is 4.52. The smallest absolute Gasteiger partial charge is 0.132 e. The maximum absolute atomic E-state index is 8.75. The van der Waals surface area contributed by atoms with Gasteiger partial charge >= 0.3 is 0 Å². The lowest BCUT2D eigenvalue weighted by atomic mass is 10.2. The summed E-state index contributed by atoms with van der Waals surface area (Å²) in [6.07, 6.45) is 2.60. The molecule has 0 unspecified atom stereocenters. The molecule has 92 valence electrons. The number of allylic oxidation sites excluding steroid dienone is 1. The van der Waals surface area contributed by atoms with Gasteiger partial charge in [0.15, 0.2) is 0 Å². The van der Waals surface area contributed by atoms with Gasteiger partial charge in [0, 0.05) is 29.4 Å². The van der Waals surface area contributed by atoms with Crippen molar-refractivity contribution < 1.29 is 5.11 Å². The molecule has 0 aliphatic carbocycles. The van der Waals surface area contributed by atoms with Gasteiger partial charge in [-0.3, -0.25) is 4.99 Å². The first kappa shape index (κ1) is 13.9. The van der Waals surface area contributed by atoms with E-state index in [4.69, 9.17) is 5.11 Å². The van der Waals surface area contributed by atoms with E-state index in [1.165, 1.54) is 0 Å². The Hall–Kier alpha value is -1.13. The van der Waals surface area contributed by atoms with Crippen molar-refractivity contribution in [3.05, 3.63) is 46.1 Å². The van der Waals surface area contributed by atoms with E-state index >= 15 is 0 Å². The van der Waals surface area contributed by atoms with E-state index in [-0.39, 0.29) is 6.61 Å². The van der Waals surface area contributed by atoms with E-state index in [1.807, 2.05) is 37.3 Å². The third-order valence-electron chi connectivity index (χ3n) is 2.24. The number of nitrogens with one attached hydrogen (secondary N) is 1. The molecule has 0 aromatic heterocycles. The summed E-state index contributed by atoms with van der Waals surface area (Å²) >= 11 is 3.40. The molecule has 1 rings (SSSR count). The van der Waals surface area contributed by atoms with Crippen LogP contribution in [0.1, 0.15) is 18.9 Å². The number of halogens is 1. The minimum atomic E-state index is 0.163. The molecule has 0 atom stereocenters. The zero-order valence-corrected chi connectivity index (χ0v) is 11.7. The zero-order chi connectivity index (χ0) is 12.7. The molecular formula is C13H17BrN2O. The van der Waals surface area contributed by atoms with Gasteiger partial charge in [0.1, 0.15) is 5.84 Å². The Balaban J connectivity index is 2.76. The van der Waals surface area contributed by atoms with Crippen molar-refractivity contribution in [2.45, 2.75) is 13.3 Å². The Morgan fingerprint density at radius 2 is 2.06 bits per heavy atom. The van der Waals surface area contributed by atoms with Crippen LogP contribution in [0.2, 0.25) is 0 Å². The number of aliphatic hydroxyl groups is 1. The van der Waals surface area contributed by atoms with Crippen molar-refractivity contribution in [2.75, 3.05) is 13.7 Å². The second-order valence-electron chi connectivity index (χ2n) is 3.60. The van der Waals surface area contributed by atoms with Crippen LogP contribution in [0.15, 0.2) is 45.5 Å². The number of hydrogen-bond donors (Lipinski definition) is 2. The maximum atomic E-state index is 8.75. The maximum Gasteiger partial charge on any atom is 0.132 e. The first-order valence-corrected chi connectivity index (χ1v) is 6.24. The van der Waals surface area contributed by atoms with Crippen molar-refractivity contribution in [1.82, 2.24) is 5.32 Å². The van der Waals surface area contributed by atoms with Crippen LogP contribution in [0.4, 0.5) is 0 Å². The summed E-state index contributed by atoms with van der Waals surface area (Å²) in [5, 5.41) is 12.0. The van der Waals surface area contributed by atoms with E-state index in [1.54, 1.807) is 7.05 Å². The number of rotatable bonds is 4. The first-order chi connectivity index (χ1) is 8.17. The number of nitrogens with zero attached hydrogens (tertiary/aromatic N) is 1. The van der Waals surface area contributed by atoms with Crippen LogP contribution in [0.3, 0.4) is 0 Å². The minimum absolute atomic E-state index is 0.163. The number of hydrogen-bond acceptors (Lipinski definition) is 2. The number of amidine groups is 1. The molecule has 0 heterocycles. The molecule has 1 aromatic carbocycles. The molecule has 4 heteroatoms. The van der Waals surface area contributed by atoms with Gasteiger partial charge in [-0.25, -0.2) is 0 Å². The third-order valence-corrected chi connectivity index (χ3v) is 2.77. The van der Waals surface area contributed by atoms with Gasteiger partial charge < -0.3 is 10.4 Å². The molecule has 2 N–H and O–H groups in total. The molecule has 0 saturated heterocycles.